The van der Waals surface area contributed by atoms with Crippen LogP contribution in [0.25, 0.3) is 0 Å². The van der Waals surface area contributed by atoms with Crippen LogP contribution in [0.4, 0.5) is 0 Å². The van der Waals surface area contributed by atoms with Crippen molar-refractivity contribution in [2.75, 3.05) is 26.7 Å². The fraction of sp³-hybridized carbons (Fsp3) is 0.684. The van der Waals surface area contributed by atoms with Gasteiger partial charge in [0, 0.05) is 12.0 Å². The molecule has 7 nitrogen and oxygen atoms in total. The van der Waals surface area contributed by atoms with E-state index >= 15 is 0 Å². The number of quaternary nitrogens is 1. The Morgan fingerprint density at radius 1 is 1.35 bits per heavy atom. The molecule has 0 aromatic carbocycles. The van der Waals surface area contributed by atoms with Crippen LogP contribution in [0.2, 0.25) is 0 Å². The Bertz CT molecular complexity index is 696. The lowest BCUT2D eigenvalue weighted by atomic mass is 9.85. The van der Waals surface area contributed by atoms with Gasteiger partial charge in [-0.25, -0.2) is 9.59 Å². The molecule has 3 heterocycles. The number of carbonyl (C=O) groups is 2. The lowest BCUT2D eigenvalue weighted by Gasteiger charge is -2.40. The van der Waals surface area contributed by atoms with Gasteiger partial charge >= 0.3 is 11.9 Å². The molecule has 7 heteroatoms. The van der Waals surface area contributed by atoms with Crippen LogP contribution < -0.4 is 0 Å². The van der Waals surface area contributed by atoms with E-state index < -0.39 is 35.3 Å². The Morgan fingerprint density at radius 2 is 2.04 bits per heavy atom. The number of likely N-dealkylation sites (N-methyl/N-ethyl adjacent to an activating group) is 1. The molecule has 0 saturated carbocycles. The van der Waals surface area contributed by atoms with E-state index in [4.69, 9.17) is 9.47 Å². The van der Waals surface area contributed by atoms with Crippen LogP contribution in [0.5, 0.6) is 0 Å². The molecular formula is C19H28NO6+. The number of allylic oxidation sites excluding steroid dienone is 1. The largest absolute Gasteiger partial charge is 0.459 e. The van der Waals surface area contributed by atoms with Crippen molar-refractivity contribution in [3.05, 3.63) is 23.3 Å². The summed E-state index contributed by atoms with van der Waals surface area (Å²) in [4.78, 5) is 25.2. The Kier molecular flexibility index (Phi) is 4.53. The molecular weight excluding hydrogens is 338 g/mol. The lowest BCUT2D eigenvalue weighted by molar-refractivity contribution is -0.955. The highest BCUT2D eigenvalue weighted by Crippen LogP contribution is 2.45. The number of esters is 2. The molecule has 3 aliphatic rings. The molecule has 0 aliphatic carbocycles. The third kappa shape index (κ3) is 2.61. The number of carbonyl (C=O) groups excluding carboxylic acids is 2. The topological polar surface area (TPSA) is 93.1 Å². The maximum Gasteiger partial charge on any atom is 0.338 e. The molecule has 1 unspecified atom stereocenters. The highest BCUT2D eigenvalue weighted by molar-refractivity contribution is 5.89. The smallest absolute Gasteiger partial charge is 0.338 e. The van der Waals surface area contributed by atoms with Gasteiger partial charge in [0.25, 0.3) is 5.72 Å². The van der Waals surface area contributed by atoms with Crippen molar-refractivity contribution in [1.29, 1.82) is 0 Å². The van der Waals surface area contributed by atoms with Crippen molar-refractivity contribution >= 4 is 11.9 Å². The molecule has 3 aliphatic heterocycles. The zero-order valence-electron chi connectivity index (χ0n) is 15.8. The van der Waals surface area contributed by atoms with Gasteiger partial charge in [-0.1, -0.05) is 13.0 Å². The van der Waals surface area contributed by atoms with Crippen molar-refractivity contribution < 1.29 is 33.8 Å². The number of cyclic esters (lactones) is 1. The predicted molar refractivity (Wildman–Crippen MR) is 92.6 cm³/mol. The highest BCUT2D eigenvalue weighted by Gasteiger charge is 2.65. The number of hydrogen-bond acceptors (Lipinski definition) is 6. The van der Waals surface area contributed by atoms with Gasteiger partial charge in [0.1, 0.15) is 13.2 Å². The van der Waals surface area contributed by atoms with Gasteiger partial charge in [-0.3, -0.25) is 4.48 Å². The van der Waals surface area contributed by atoms with Crippen molar-refractivity contribution in [3.63, 3.8) is 0 Å². The second-order valence-electron chi connectivity index (χ2n) is 8.08. The average Bonchev–Trinajstić information content (AvgIpc) is 2.98. The van der Waals surface area contributed by atoms with Gasteiger partial charge in [0.15, 0.2) is 11.7 Å². The first-order valence-electron chi connectivity index (χ1n) is 9.08. The number of aliphatic hydroxyl groups is 2. The predicted octanol–water partition coefficient (Wildman–Crippen LogP) is 0.657. The van der Waals surface area contributed by atoms with Crippen molar-refractivity contribution in [2.24, 2.45) is 5.92 Å². The van der Waals surface area contributed by atoms with Crippen LogP contribution in [-0.2, 0) is 19.1 Å². The van der Waals surface area contributed by atoms with Crippen molar-refractivity contribution in [1.82, 2.24) is 0 Å². The Labute approximate surface area is 153 Å². The van der Waals surface area contributed by atoms with E-state index in [0.29, 0.717) is 35.1 Å². The minimum absolute atomic E-state index is 0.128. The Balaban J connectivity index is 2.01. The van der Waals surface area contributed by atoms with E-state index in [1.807, 2.05) is 13.1 Å². The van der Waals surface area contributed by atoms with Gasteiger partial charge in [0.2, 0.25) is 0 Å². The second-order valence-corrected chi connectivity index (χ2v) is 8.08. The van der Waals surface area contributed by atoms with Gasteiger partial charge in [-0.2, -0.15) is 0 Å². The van der Waals surface area contributed by atoms with Crippen LogP contribution in [0, 0.1) is 5.92 Å². The van der Waals surface area contributed by atoms with Gasteiger partial charge < -0.3 is 19.7 Å². The second kappa shape index (κ2) is 6.18. The third-order valence-electron chi connectivity index (χ3n) is 6.49. The summed E-state index contributed by atoms with van der Waals surface area (Å²) < 4.78 is 11.4. The number of hydrogen-bond donors (Lipinski definition) is 2. The molecule has 0 aromatic rings. The molecule has 144 valence electrons. The van der Waals surface area contributed by atoms with Crippen molar-refractivity contribution in [2.45, 2.75) is 51.0 Å². The lowest BCUT2D eigenvalue weighted by Crippen LogP contribution is -2.61. The molecule has 2 fully saturated rings. The van der Waals surface area contributed by atoms with Gasteiger partial charge in [-0.05, 0) is 32.3 Å². The summed E-state index contributed by atoms with van der Waals surface area (Å²) in [5.41, 5.74) is -2.26. The highest BCUT2D eigenvalue weighted by atomic mass is 16.6. The Hall–Kier alpha value is -1.70. The molecule has 0 spiro atoms. The molecule has 2 N–H and O–H groups in total. The van der Waals surface area contributed by atoms with Crippen molar-refractivity contribution in [3.8, 4) is 0 Å². The zero-order valence-corrected chi connectivity index (χ0v) is 15.8. The van der Waals surface area contributed by atoms with Gasteiger partial charge in [0.05, 0.1) is 19.2 Å². The SMILES string of the molecule is C/C=C1\C[C@@H](C)[C@@](C)(O)C(=O)OCC2=CC[N+]3(C)CC[C@@H](OC1=O)[C@@]23O. The third-order valence-corrected chi connectivity index (χ3v) is 6.49. The monoisotopic (exact) mass is 366 g/mol. The Morgan fingerprint density at radius 3 is 2.69 bits per heavy atom. The summed E-state index contributed by atoms with van der Waals surface area (Å²) in [6.07, 6.45) is 3.49. The van der Waals surface area contributed by atoms with Crippen LogP contribution in [0.1, 0.15) is 33.6 Å². The summed E-state index contributed by atoms with van der Waals surface area (Å²) in [7, 11) is 1.90. The molecule has 2 saturated heterocycles. The first-order chi connectivity index (χ1) is 12.1. The molecule has 0 amide bonds. The maximum atomic E-state index is 12.7. The number of ether oxygens (including phenoxy) is 2. The van der Waals surface area contributed by atoms with E-state index in [-0.39, 0.29) is 13.0 Å². The molecule has 5 atom stereocenters. The minimum Gasteiger partial charge on any atom is -0.459 e. The molecule has 0 aromatic heterocycles. The van der Waals surface area contributed by atoms with Crippen LogP contribution in [-0.4, -0.2) is 70.8 Å². The van der Waals surface area contributed by atoms with E-state index in [9.17, 15) is 19.8 Å². The summed E-state index contributed by atoms with van der Waals surface area (Å²) >= 11 is 0. The maximum absolute atomic E-state index is 12.7. The average molecular weight is 366 g/mol. The van der Waals surface area contributed by atoms with E-state index in [1.165, 1.54) is 6.92 Å². The summed E-state index contributed by atoms with van der Waals surface area (Å²) in [6.45, 7) is 5.89. The fourth-order valence-corrected chi connectivity index (χ4v) is 4.22. The molecule has 26 heavy (non-hydrogen) atoms. The number of rotatable bonds is 0. The van der Waals surface area contributed by atoms with E-state index in [1.54, 1.807) is 19.9 Å². The number of nitrogens with zero attached hydrogens (tertiary/aromatic N) is 1. The first kappa shape index (κ1) is 19.1. The molecule has 0 radical (unpaired) electrons. The minimum atomic E-state index is -1.75. The van der Waals surface area contributed by atoms with Gasteiger partial charge in [-0.15, -0.1) is 0 Å². The quantitative estimate of drug-likeness (QED) is 0.283. The fourth-order valence-electron chi connectivity index (χ4n) is 4.22. The van der Waals surface area contributed by atoms with E-state index in [0.717, 1.165) is 0 Å². The summed E-state index contributed by atoms with van der Waals surface area (Å²) in [5, 5.41) is 22.1. The standard InChI is InChI=1S/C19H28NO6/c1-5-13-10-12(2)18(3,23)17(22)25-11-14-6-8-20(4)9-7-15(19(14,20)24)26-16(13)21/h5-6,12,15,23-24H,7-11H2,1-4H3/q+1/b13-5+/t12-,15-,18-,19+,20?/m1/s1. The van der Waals surface area contributed by atoms with E-state index in [2.05, 4.69) is 0 Å². The van der Waals surface area contributed by atoms with Crippen LogP contribution in [0.15, 0.2) is 23.3 Å². The molecule has 0 bridgehead atoms. The summed E-state index contributed by atoms with van der Waals surface area (Å²) in [5.74, 6) is -1.80. The first-order valence-corrected chi connectivity index (χ1v) is 9.08. The van der Waals surface area contributed by atoms with Crippen LogP contribution >= 0.6 is 0 Å². The molecule has 3 rings (SSSR count). The normalized spacial score (nSPS) is 45.3. The zero-order chi connectivity index (χ0) is 19.3. The van der Waals surface area contributed by atoms with Crippen LogP contribution in [0.3, 0.4) is 0 Å². The summed E-state index contributed by atoms with van der Waals surface area (Å²) in [6, 6.07) is 0.